The number of nitrogens with one attached hydrogen (secondary N) is 1. The molecule has 1 heterocycles. The minimum Gasteiger partial charge on any atom is -0.478 e. The van der Waals surface area contributed by atoms with E-state index in [4.69, 9.17) is 9.52 Å². The Bertz CT molecular complexity index is 1100. The smallest absolute Gasteiger partial charge is 0.335 e. The quantitative estimate of drug-likeness (QED) is 0.507. The van der Waals surface area contributed by atoms with Gasteiger partial charge in [0.2, 0.25) is 0 Å². The predicted molar refractivity (Wildman–Crippen MR) is 105 cm³/mol. The number of nitriles is 1. The van der Waals surface area contributed by atoms with Gasteiger partial charge in [-0.25, -0.2) is 4.79 Å². The highest BCUT2D eigenvalue weighted by Gasteiger charge is 2.12. The summed E-state index contributed by atoms with van der Waals surface area (Å²) in [6.07, 6.45) is 1.36. The van der Waals surface area contributed by atoms with E-state index < -0.39 is 11.9 Å². The summed E-state index contributed by atoms with van der Waals surface area (Å²) in [5.74, 6) is -0.693. The van der Waals surface area contributed by atoms with Gasteiger partial charge in [-0.05, 0) is 42.8 Å². The van der Waals surface area contributed by atoms with Crippen molar-refractivity contribution in [3.63, 3.8) is 0 Å². The number of carbonyl (C=O) groups excluding carboxylic acids is 1. The van der Waals surface area contributed by atoms with Crippen LogP contribution in [0.2, 0.25) is 0 Å². The largest absolute Gasteiger partial charge is 0.478 e. The van der Waals surface area contributed by atoms with E-state index in [1.54, 1.807) is 36.4 Å². The zero-order chi connectivity index (χ0) is 20.1. The Morgan fingerprint density at radius 2 is 1.79 bits per heavy atom. The SMILES string of the molecule is Cc1ccccc1NC(=O)C(C#N)=Cc1ccc(-c2ccc(C(=O)O)cc2)o1. The van der Waals surface area contributed by atoms with Crippen LogP contribution >= 0.6 is 0 Å². The number of rotatable bonds is 5. The van der Waals surface area contributed by atoms with E-state index in [2.05, 4.69) is 5.32 Å². The minimum absolute atomic E-state index is 0.0922. The first-order chi connectivity index (χ1) is 13.5. The van der Waals surface area contributed by atoms with Crippen molar-refractivity contribution in [3.8, 4) is 17.4 Å². The molecule has 3 aromatic rings. The average molecular weight is 372 g/mol. The lowest BCUT2D eigenvalue weighted by Crippen LogP contribution is -2.14. The number of anilines is 1. The van der Waals surface area contributed by atoms with Crippen LogP contribution in [0, 0.1) is 18.3 Å². The number of furan rings is 1. The maximum atomic E-state index is 12.4. The molecule has 0 spiro atoms. The van der Waals surface area contributed by atoms with E-state index in [0.29, 0.717) is 22.8 Å². The van der Waals surface area contributed by atoms with Crippen molar-refractivity contribution in [2.24, 2.45) is 0 Å². The number of amides is 1. The van der Waals surface area contributed by atoms with Crippen molar-refractivity contribution in [1.29, 1.82) is 5.26 Å². The Labute approximate surface area is 161 Å². The van der Waals surface area contributed by atoms with Crippen LogP contribution in [0.15, 0.2) is 70.7 Å². The van der Waals surface area contributed by atoms with Crippen LogP contribution in [0.25, 0.3) is 17.4 Å². The van der Waals surface area contributed by atoms with Crippen LogP contribution in [0.1, 0.15) is 21.7 Å². The molecular weight excluding hydrogens is 356 g/mol. The van der Waals surface area contributed by atoms with Crippen LogP contribution in [0.5, 0.6) is 0 Å². The van der Waals surface area contributed by atoms with Crippen molar-refractivity contribution in [3.05, 3.63) is 83.1 Å². The summed E-state index contributed by atoms with van der Waals surface area (Å²) in [6, 6.07) is 18.7. The number of hydrogen-bond acceptors (Lipinski definition) is 4. The summed E-state index contributed by atoms with van der Waals surface area (Å²) >= 11 is 0. The molecule has 1 aromatic heterocycles. The van der Waals surface area contributed by atoms with Gasteiger partial charge in [0.15, 0.2) is 0 Å². The number of carbonyl (C=O) groups is 2. The summed E-state index contributed by atoms with van der Waals surface area (Å²) in [4.78, 5) is 23.3. The topological polar surface area (TPSA) is 103 Å². The number of nitrogens with zero attached hydrogens (tertiary/aromatic N) is 1. The molecule has 0 fully saturated rings. The number of para-hydroxylation sites is 1. The fourth-order valence-corrected chi connectivity index (χ4v) is 2.56. The molecule has 0 bridgehead atoms. The summed E-state index contributed by atoms with van der Waals surface area (Å²) in [5.41, 5.74) is 2.29. The van der Waals surface area contributed by atoms with Gasteiger partial charge in [0.25, 0.3) is 5.91 Å². The van der Waals surface area contributed by atoms with E-state index in [-0.39, 0.29) is 11.1 Å². The Balaban J connectivity index is 1.80. The van der Waals surface area contributed by atoms with Gasteiger partial charge in [0.05, 0.1) is 5.56 Å². The average Bonchev–Trinajstić information content (AvgIpc) is 3.16. The van der Waals surface area contributed by atoms with Crippen molar-refractivity contribution < 1.29 is 19.1 Å². The van der Waals surface area contributed by atoms with Crippen LogP contribution in [0.4, 0.5) is 5.69 Å². The Morgan fingerprint density at radius 3 is 2.43 bits per heavy atom. The Morgan fingerprint density at radius 1 is 1.07 bits per heavy atom. The molecule has 0 atom stereocenters. The van der Waals surface area contributed by atoms with Gasteiger partial charge in [-0.15, -0.1) is 0 Å². The van der Waals surface area contributed by atoms with Gasteiger partial charge in [-0.2, -0.15) is 5.26 Å². The number of hydrogen-bond donors (Lipinski definition) is 2. The van der Waals surface area contributed by atoms with Crippen molar-refractivity contribution in [1.82, 2.24) is 0 Å². The van der Waals surface area contributed by atoms with Gasteiger partial charge in [0.1, 0.15) is 23.2 Å². The fourth-order valence-electron chi connectivity index (χ4n) is 2.56. The molecule has 0 aliphatic rings. The molecule has 0 saturated carbocycles. The number of aromatic carboxylic acids is 1. The molecular formula is C22H16N2O4. The van der Waals surface area contributed by atoms with Gasteiger partial charge >= 0.3 is 5.97 Å². The third-order valence-electron chi connectivity index (χ3n) is 4.09. The monoisotopic (exact) mass is 372 g/mol. The standard InChI is InChI=1S/C22H16N2O4/c1-14-4-2-3-5-19(14)24-21(25)17(13-23)12-18-10-11-20(28-18)15-6-8-16(9-7-15)22(26)27/h2-12H,1H3,(H,24,25)(H,26,27). The molecule has 6 heteroatoms. The second kappa shape index (κ2) is 8.06. The number of carboxylic acids is 1. The first-order valence-corrected chi connectivity index (χ1v) is 8.40. The van der Waals surface area contributed by atoms with E-state index in [9.17, 15) is 14.9 Å². The maximum absolute atomic E-state index is 12.4. The summed E-state index contributed by atoms with van der Waals surface area (Å²) in [6.45, 7) is 1.86. The lowest BCUT2D eigenvalue weighted by atomic mass is 10.1. The van der Waals surface area contributed by atoms with Crippen LogP contribution in [0.3, 0.4) is 0 Å². The Kier molecular flexibility index (Phi) is 5.38. The number of aryl methyl sites for hydroxylation is 1. The summed E-state index contributed by atoms with van der Waals surface area (Å²) < 4.78 is 5.67. The number of carboxylic acid groups (broad SMARTS) is 1. The molecule has 0 aliphatic carbocycles. The molecule has 138 valence electrons. The normalized spacial score (nSPS) is 10.9. The third kappa shape index (κ3) is 4.17. The van der Waals surface area contributed by atoms with Crippen molar-refractivity contribution >= 4 is 23.6 Å². The van der Waals surface area contributed by atoms with E-state index >= 15 is 0 Å². The van der Waals surface area contributed by atoms with E-state index in [1.165, 1.54) is 18.2 Å². The highest BCUT2D eigenvalue weighted by atomic mass is 16.4. The van der Waals surface area contributed by atoms with Gasteiger partial charge < -0.3 is 14.8 Å². The fraction of sp³-hybridized carbons (Fsp3) is 0.0455. The molecule has 0 unspecified atom stereocenters. The second-order valence-corrected chi connectivity index (χ2v) is 6.02. The minimum atomic E-state index is -1.01. The van der Waals surface area contributed by atoms with Crippen molar-refractivity contribution in [2.45, 2.75) is 6.92 Å². The van der Waals surface area contributed by atoms with Crippen LogP contribution in [-0.2, 0) is 4.79 Å². The van der Waals surface area contributed by atoms with Gasteiger partial charge in [-0.3, -0.25) is 4.79 Å². The van der Waals surface area contributed by atoms with Crippen molar-refractivity contribution in [2.75, 3.05) is 5.32 Å². The molecule has 0 radical (unpaired) electrons. The molecule has 0 aliphatic heterocycles. The lowest BCUT2D eigenvalue weighted by molar-refractivity contribution is -0.112. The molecule has 1 amide bonds. The molecule has 3 rings (SSSR count). The molecule has 28 heavy (non-hydrogen) atoms. The third-order valence-corrected chi connectivity index (χ3v) is 4.09. The van der Waals surface area contributed by atoms with E-state index in [0.717, 1.165) is 5.56 Å². The zero-order valence-corrected chi connectivity index (χ0v) is 15.0. The number of benzene rings is 2. The maximum Gasteiger partial charge on any atom is 0.335 e. The van der Waals surface area contributed by atoms with Crippen LogP contribution < -0.4 is 5.32 Å². The summed E-state index contributed by atoms with van der Waals surface area (Å²) in [7, 11) is 0. The Hall–Kier alpha value is -4.11. The van der Waals surface area contributed by atoms with Gasteiger partial charge in [0, 0.05) is 17.3 Å². The molecule has 2 N–H and O–H groups in total. The molecule has 2 aromatic carbocycles. The predicted octanol–water partition coefficient (Wildman–Crippen LogP) is 4.50. The molecule has 0 saturated heterocycles. The van der Waals surface area contributed by atoms with E-state index in [1.807, 2.05) is 25.1 Å². The zero-order valence-electron chi connectivity index (χ0n) is 15.0. The van der Waals surface area contributed by atoms with Gasteiger partial charge in [-0.1, -0.05) is 30.3 Å². The highest BCUT2D eigenvalue weighted by molar-refractivity contribution is 6.09. The van der Waals surface area contributed by atoms with Crippen LogP contribution in [-0.4, -0.2) is 17.0 Å². The lowest BCUT2D eigenvalue weighted by Gasteiger charge is -2.06. The first kappa shape index (κ1) is 18.7. The summed E-state index contributed by atoms with van der Waals surface area (Å²) in [5, 5.41) is 21.0. The second-order valence-electron chi connectivity index (χ2n) is 6.02. The highest BCUT2D eigenvalue weighted by Crippen LogP contribution is 2.24. The first-order valence-electron chi connectivity index (χ1n) is 8.40. The molecule has 6 nitrogen and oxygen atoms in total.